The summed E-state index contributed by atoms with van der Waals surface area (Å²) in [5.41, 5.74) is -0.0189. The van der Waals surface area contributed by atoms with Gasteiger partial charge in [0, 0.05) is 10.5 Å². The van der Waals surface area contributed by atoms with Crippen molar-refractivity contribution in [1.29, 1.82) is 0 Å². The minimum Gasteiger partial charge on any atom is -0.436 e. The van der Waals surface area contributed by atoms with Gasteiger partial charge in [-0.05, 0) is 40.2 Å². The lowest BCUT2D eigenvalue weighted by Crippen LogP contribution is -2.12. The predicted molar refractivity (Wildman–Crippen MR) is 77.7 cm³/mol. The van der Waals surface area contributed by atoms with Gasteiger partial charge in [-0.2, -0.15) is 17.7 Å². The second-order valence-electron chi connectivity index (χ2n) is 4.14. The quantitative estimate of drug-likeness (QED) is 0.593. The van der Waals surface area contributed by atoms with E-state index in [2.05, 4.69) is 47.2 Å². The Bertz CT molecular complexity index is 850. The zero-order valence-corrected chi connectivity index (χ0v) is 13.6. The van der Waals surface area contributed by atoms with Crippen LogP contribution >= 0.6 is 31.9 Å². The molecule has 2 aromatic heterocycles. The molecule has 0 aliphatic heterocycles. The van der Waals surface area contributed by atoms with E-state index in [1.54, 1.807) is 18.2 Å². The largest absolute Gasteiger partial charge is 0.453 e. The van der Waals surface area contributed by atoms with Gasteiger partial charge in [0.05, 0.1) is 4.47 Å². The minimum absolute atomic E-state index is 0.0131. The molecule has 0 saturated carbocycles. The Labute approximate surface area is 138 Å². The standard InChI is InChI=1S/C12H5Br2F3N4O/c13-6-1-2-8(7(14)5-6)22-10-4-3-9-18-19-11(12(15,16)17)21(9)20-10/h1-5H. The molecule has 0 fully saturated rings. The molecule has 0 atom stereocenters. The summed E-state index contributed by atoms with van der Waals surface area (Å²) in [6, 6.07) is 7.89. The van der Waals surface area contributed by atoms with Gasteiger partial charge in [0.25, 0.3) is 5.82 Å². The number of hydrogen-bond donors (Lipinski definition) is 0. The number of ether oxygens (including phenoxy) is 1. The molecule has 3 aromatic rings. The van der Waals surface area contributed by atoms with E-state index >= 15 is 0 Å². The fourth-order valence-corrected chi connectivity index (χ4v) is 2.80. The first-order valence-corrected chi connectivity index (χ1v) is 7.36. The summed E-state index contributed by atoms with van der Waals surface area (Å²) in [6.45, 7) is 0. The van der Waals surface area contributed by atoms with Crippen molar-refractivity contribution >= 4 is 37.5 Å². The molecule has 0 aliphatic carbocycles. The second-order valence-corrected chi connectivity index (χ2v) is 5.91. The fourth-order valence-electron chi connectivity index (χ4n) is 1.67. The summed E-state index contributed by atoms with van der Waals surface area (Å²) in [6.07, 6.45) is -4.65. The molecule has 0 N–H and O–H groups in total. The van der Waals surface area contributed by atoms with Crippen LogP contribution in [0.2, 0.25) is 0 Å². The number of alkyl halides is 3. The van der Waals surface area contributed by atoms with Crippen molar-refractivity contribution in [3.8, 4) is 11.6 Å². The van der Waals surface area contributed by atoms with E-state index in [1.807, 2.05) is 0 Å². The Hall–Kier alpha value is -1.68. The first-order chi connectivity index (χ1) is 10.3. The van der Waals surface area contributed by atoms with Crippen LogP contribution in [0.3, 0.4) is 0 Å². The normalized spacial score (nSPS) is 11.9. The molecule has 22 heavy (non-hydrogen) atoms. The molecule has 1 aromatic carbocycles. The van der Waals surface area contributed by atoms with Crippen LogP contribution in [-0.4, -0.2) is 19.8 Å². The Morgan fingerprint density at radius 1 is 1.05 bits per heavy atom. The Balaban J connectivity index is 2.01. The Morgan fingerprint density at radius 3 is 2.50 bits per heavy atom. The number of fused-ring (bicyclic) bond motifs is 1. The van der Waals surface area contributed by atoms with E-state index in [-0.39, 0.29) is 11.5 Å². The average Bonchev–Trinajstić information content (AvgIpc) is 2.85. The first kappa shape index (κ1) is 15.2. The van der Waals surface area contributed by atoms with Crippen LogP contribution in [0.15, 0.2) is 39.3 Å². The maximum absolute atomic E-state index is 12.8. The van der Waals surface area contributed by atoms with Crippen molar-refractivity contribution in [2.45, 2.75) is 6.18 Å². The second kappa shape index (κ2) is 5.51. The molecule has 0 spiro atoms. The molecule has 0 unspecified atom stereocenters. The van der Waals surface area contributed by atoms with Crippen LogP contribution in [0.25, 0.3) is 5.65 Å². The predicted octanol–water partition coefficient (Wildman–Crippen LogP) is 4.46. The van der Waals surface area contributed by atoms with Gasteiger partial charge >= 0.3 is 6.18 Å². The van der Waals surface area contributed by atoms with Gasteiger partial charge in [-0.15, -0.1) is 15.3 Å². The number of halogens is 5. The molecule has 0 bridgehead atoms. The Kier molecular flexibility index (Phi) is 3.81. The van der Waals surface area contributed by atoms with Crippen molar-refractivity contribution in [3.63, 3.8) is 0 Å². The summed E-state index contributed by atoms with van der Waals surface area (Å²) in [5.74, 6) is -0.805. The highest BCUT2D eigenvalue weighted by Crippen LogP contribution is 2.32. The molecular formula is C12H5Br2F3N4O. The van der Waals surface area contributed by atoms with Crippen LogP contribution in [-0.2, 0) is 6.18 Å². The van der Waals surface area contributed by atoms with Gasteiger partial charge < -0.3 is 4.74 Å². The lowest BCUT2D eigenvalue weighted by Gasteiger charge is -2.08. The van der Waals surface area contributed by atoms with Crippen molar-refractivity contribution < 1.29 is 17.9 Å². The van der Waals surface area contributed by atoms with Gasteiger partial charge in [0.15, 0.2) is 5.65 Å². The first-order valence-electron chi connectivity index (χ1n) is 5.77. The van der Waals surface area contributed by atoms with Crippen LogP contribution in [0, 0.1) is 0 Å². The lowest BCUT2D eigenvalue weighted by atomic mass is 10.3. The highest BCUT2D eigenvalue weighted by atomic mass is 79.9. The molecule has 5 nitrogen and oxygen atoms in total. The molecule has 0 radical (unpaired) electrons. The zero-order chi connectivity index (χ0) is 15.9. The number of hydrogen-bond acceptors (Lipinski definition) is 4. The van der Waals surface area contributed by atoms with Crippen molar-refractivity contribution in [1.82, 2.24) is 19.8 Å². The van der Waals surface area contributed by atoms with Crippen molar-refractivity contribution in [2.75, 3.05) is 0 Å². The van der Waals surface area contributed by atoms with Gasteiger partial charge in [-0.25, -0.2) is 0 Å². The zero-order valence-electron chi connectivity index (χ0n) is 10.5. The topological polar surface area (TPSA) is 52.3 Å². The van der Waals surface area contributed by atoms with E-state index in [0.717, 1.165) is 4.47 Å². The maximum Gasteiger partial charge on any atom is 0.453 e. The molecule has 0 aliphatic rings. The van der Waals surface area contributed by atoms with Gasteiger partial charge in [0.2, 0.25) is 5.88 Å². The van der Waals surface area contributed by atoms with E-state index in [9.17, 15) is 13.2 Å². The highest BCUT2D eigenvalue weighted by molar-refractivity contribution is 9.11. The van der Waals surface area contributed by atoms with E-state index in [4.69, 9.17) is 4.74 Å². The highest BCUT2D eigenvalue weighted by Gasteiger charge is 2.37. The summed E-state index contributed by atoms with van der Waals surface area (Å²) < 4.78 is 45.9. The summed E-state index contributed by atoms with van der Waals surface area (Å²) in [5, 5.41) is 10.3. The van der Waals surface area contributed by atoms with Crippen molar-refractivity contribution in [2.24, 2.45) is 0 Å². The maximum atomic E-state index is 12.8. The third kappa shape index (κ3) is 2.93. The van der Waals surface area contributed by atoms with Crippen LogP contribution in [0.1, 0.15) is 5.82 Å². The van der Waals surface area contributed by atoms with Crippen LogP contribution < -0.4 is 4.74 Å². The SMILES string of the molecule is FC(F)(F)c1nnc2ccc(Oc3ccc(Br)cc3Br)nn12. The average molecular weight is 438 g/mol. The number of aromatic nitrogens is 4. The van der Waals surface area contributed by atoms with Gasteiger partial charge in [-0.1, -0.05) is 15.9 Å². The molecule has 10 heteroatoms. The van der Waals surface area contributed by atoms with Crippen LogP contribution in [0.5, 0.6) is 11.6 Å². The van der Waals surface area contributed by atoms with E-state index < -0.39 is 12.0 Å². The fraction of sp³-hybridized carbons (Fsp3) is 0.0833. The number of nitrogens with zero attached hydrogens (tertiary/aromatic N) is 4. The number of rotatable bonds is 2. The molecule has 2 heterocycles. The van der Waals surface area contributed by atoms with Crippen LogP contribution in [0.4, 0.5) is 13.2 Å². The molecule has 0 saturated heterocycles. The van der Waals surface area contributed by atoms with E-state index in [1.165, 1.54) is 12.1 Å². The summed E-state index contributed by atoms with van der Waals surface area (Å²) in [4.78, 5) is 0. The van der Waals surface area contributed by atoms with Gasteiger partial charge in [0.1, 0.15) is 5.75 Å². The molecule has 3 rings (SSSR count). The Morgan fingerprint density at radius 2 is 1.82 bits per heavy atom. The van der Waals surface area contributed by atoms with Crippen molar-refractivity contribution in [3.05, 3.63) is 45.1 Å². The molecular weight excluding hydrogens is 433 g/mol. The smallest absolute Gasteiger partial charge is 0.436 e. The summed E-state index contributed by atoms with van der Waals surface area (Å²) in [7, 11) is 0. The monoisotopic (exact) mass is 436 g/mol. The third-order valence-corrected chi connectivity index (χ3v) is 3.71. The lowest BCUT2D eigenvalue weighted by molar-refractivity contribution is -0.146. The summed E-state index contributed by atoms with van der Waals surface area (Å²) >= 11 is 6.59. The van der Waals surface area contributed by atoms with Gasteiger partial charge in [-0.3, -0.25) is 0 Å². The molecule has 0 amide bonds. The van der Waals surface area contributed by atoms with E-state index in [0.29, 0.717) is 14.7 Å². The third-order valence-electron chi connectivity index (χ3n) is 2.60. The minimum atomic E-state index is -4.65. The molecule has 114 valence electrons. The number of benzene rings is 1.